The monoisotopic (exact) mass is 368 g/mol. The summed E-state index contributed by atoms with van der Waals surface area (Å²) >= 11 is 0. The Morgan fingerprint density at radius 3 is 2.19 bits per heavy atom. The van der Waals surface area contributed by atoms with Crippen LogP contribution in [0.5, 0.6) is 5.75 Å². The quantitative estimate of drug-likeness (QED) is 0.808. The molecule has 1 aliphatic rings. The topological polar surface area (TPSA) is 87.9 Å². The summed E-state index contributed by atoms with van der Waals surface area (Å²) in [6.45, 7) is 3.19. The molecule has 0 atom stereocenters. The Hall–Kier alpha value is -3.22. The number of rotatable bonds is 6. The number of primary amides is 1. The number of piperazine rings is 1. The van der Waals surface area contributed by atoms with E-state index in [2.05, 4.69) is 10.2 Å². The number of benzene rings is 2. The first-order valence-corrected chi connectivity index (χ1v) is 8.87. The van der Waals surface area contributed by atoms with Crippen LogP contribution in [0.15, 0.2) is 48.5 Å². The number of nitrogens with one attached hydrogen (secondary N) is 1. The predicted molar refractivity (Wildman–Crippen MR) is 105 cm³/mol. The summed E-state index contributed by atoms with van der Waals surface area (Å²) in [5.41, 5.74) is 7.58. The Morgan fingerprint density at radius 2 is 1.63 bits per heavy atom. The van der Waals surface area contributed by atoms with E-state index in [0.717, 1.165) is 30.2 Å². The maximum atomic E-state index is 12.4. The third kappa shape index (κ3) is 4.69. The van der Waals surface area contributed by atoms with Crippen LogP contribution in [-0.4, -0.2) is 56.5 Å². The summed E-state index contributed by atoms with van der Waals surface area (Å²) in [5.74, 6) is 0.429. The van der Waals surface area contributed by atoms with E-state index < -0.39 is 5.91 Å². The van der Waals surface area contributed by atoms with Gasteiger partial charge in [-0.3, -0.25) is 9.59 Å². The fourth-order valence-corrected chi connectivity index (χ4v) is 3.05. The maximum absolute atomic E-state index is 12.4. The smallest absolute Gasteiger partial charge is 0.248 e. The van der Waals surface area contributed by atoms with Crippen LogP contribution >= 0.6 is 0 Å². The number of hydrogen-bond donors (Lipinski definition) is 2. The lowest BCUT2D eigenvalue weighted by Gasteiger charge is -2.36. The lowest BCUT2D eigenvalue weighted by atomic mass is 10.2. The van der Waals surface area contributed by atoms with Crippen molar-refractivity contribution in [3.63, 3.8) is 0 Å². The van der Waals surface area contributed by atoms with E-state index in [1.165, 1.54) is 0 Å². The Bertz CT molecular complexity index is 782. The summed E-state index contributed by atoms with van der Waals surface area (Å²) in [4.78, 5) is 27.6. The number of carbonyl (C=O) groups is 2. The maximum Gasteiger partial charge on any atom is 0.248 e. The predicted octanol–water partition coefficient (Wildman–Crippen LogP) is 1.55. The molecule has 1 aliphatic heterocycles. The van der Waals surface area contributed by atoms with Crippen molar-refractivity contribution in [2.75, 3.05) is 50.1 Å². The zero-order valence-corrected chi connectivity index (χ0v) is 15.4. The highest BCUT2D eigenvalue weighted by molar-refractivity contribution is 5.93. The average Bonchev–Trinajstić information content (AvgIpc) is 2.72. The molecule has 0 saturated carbocycles. The molecule has 0 bridgehead atoms. The molecule has 142 valence electrons. The Balaban J connectivity index is 1.47. The lowest BCUT2D eigenvalue weighted by molar-refractivity contribution is -0.129. The van der Waals surface area contributed by atoms with Gasteiger partial charge in [-0.1, -0.05) is 0 Å². The number of nitrogens with zero attached hydrogens (tertiary/aromatic N) is 2. The SMILES string of the molecule is COc1ccc(N2CCN(C(=O)CNc3ccc(C(N)=O)cc3)CC2)cc1. The molecule has 27 heavy (non-hydrogen) atoms. The molecule has 0 radical (unpaired) electrons. The van der Waals surface area contributed by atoms with Crippen molar-refractivity contribution in [2.24, 2.45) is 5.73 Å². The van der Waals surface area contributed by atoms with Crippen molar-refractivity contribution in [3.8, 4) is 5.75 Å². The van der Waals surface area contributed by atoms with Crippen molar-refractivity contribution in [2.45, 2.75) is 0 Å². The van der Waals surface area contributed by atoms with E-state index >= 15 is 0 Å². The van der Waals surface area contributed by atoms with Gasteiger partial charge in [0, 0.05) is 43.1 Å². The number of methoxy groups -OCH3 is 1. The molecule has 3 N–H and O–H groups in total. The van der Waals surface area contributed by atoms with E-state index in [0.29, 0.717) is 18.7 Å². The zero-order chi connectivity index (χ0) is 19.2. The second-order valence-corrected chi connectivity index (χ2v) is 6.36. The summed E-state index contributed by atoms with van der Waals surface area (Å²) in [6.07, 6.45) is 0. The van der Waals surface area contributed by atoms with Gasteiger partial charge in [-0.25, -0.2) is 0 Å². The van der Waals surface area contributed by atoms with Crippen LogP contribution in [0.3, 0.4) is 0 Å². The summed E-state index contributed by atoms with van der Waals surface area (Å²) in [5, 5.41) is 3.09. The molecule has 3 rings (SSSR count). The molecule has 2 aromatic rings. The van der Waals surface area contributed by atoms with Gasteiger partial charge in [0.1, 0.15) is 5.75 Å². The minimum absolute atomic E-state index is 0.0587. The number of hydrogen-bond acceptors (Lipinski definition) is 5. The van der Waals surface area contributed by atoms with Crippen LogP contribution in [0.1, 0.15) is 10.4 Å². The molecule has 7 heteroatoms. The van der Waals surface area contributed by atoms with Crippen molar-refractivity contribution in [1.82, 2.24) is 4.90 Å². The first kappa shape index (κ1) is 18.6. The number of ether oxygens (including phenoxy) is 1. The van der Waals surface area contributed by atoms with Crippen LogP contribution in [-0.2, 0) is 4.79 Å². The van der Waals surface area contributed by atoms with Crippen LogP contribution in [0.4, 0.5) is 11.4 Å². The van der Waals surface area contributed by atoms with Gasteiger partial charge in [0.05, 0.1) is 13.7 Å². The minimum Gasteiger partial charge on any atom is -0.497 e. The highest BCUT2D eigenvalue weighted by Gasteiger charge is 2.21. The molecule has 0 spiro atoms. The molecule has 1 fully saturated rings. The van der Waals surface area contributed by atoms with E-state index in [-0.39, 0.29) is 12.5 Å². The van der Waals surface area contributed by atoms with Crippen molar-refractivity contribution in [1.29, 1.82) is 0 Å². The van der Waals surface area contributed by atoms with Gasteiger partial charge in [0.15, 0.2) is 0 Å². The van der Waals surface area contributed by atoms with E-state index in [1.54, 1.807) is 31.4 Å². The van der Waals surface area contributed by atoms with Crippen LogP contribution in [0.2, 0.25) is 0 Å². The molecular weight excluding hydrogens is 344 g/mol. The molecule has 7 nitrogen and oxygen atoms in total. The molecule has 0 unspecified atom stereocenters. The standard InChI is InChI=1S/C20H24N4O3/c1-27-18-8-6-17(7-9-18)23-10-12-24(13-11-23)19(25)14-22-16-4-2-15(3-5-16)20(21)26/h2-9,22H,10-14H2,1H3,(H2,21,26). The fourth-order valence-electron chi connectivity index (χ4n) is 3.05. The van der Waals surface area contributed by atoms with Crippen LogP contribution < -0.4 is 20.7 Å². The highest BCUT2D eigenvalue weighted by atomic mass is 16.5. The number of carbonyl (C=O) groups excluding carboxylic acids is 2. The van der Waals surface area contributed by atoms with E-state index in [1.807, 2.05) is 29.2 Å². The van der Waals surface area contributed by atoms with Crippen molar-refractivity contribution in [3.05, 3.63) is 54.1 Å². The summed E-state index contributed by atoms with van der Waals surface area (Å²) in [7, 11) is 1.65. The number of nitrogens with two attached hydrogens (primary N) is 1. The first-order valence-electron chi connectivity index (χ1n) is 8.87. The molecule has 1 saturated heterocycles. The molecule has 2 amide bonds. The molecule has 0 aromatic heterocycles. The Labute approximate surface area is 158 Å². The number of amides is 2. The summed E-state index contributed by atoms with van der Waals surface area (Å²) in [6, 6.07) is 14.7. The van der Waals surface area contributed by atoms with Gasteiger partial charge in [-0.2, -0.15) is 0 Å². The normalized spacial score (nSPS) is 14.0. The average molecular weight is 368 g/mol. The summed E-state index contributed by atoms with van der Waals surface area (Å²) < 4.78 is 5.19. The second kappa shape index (κ2) is 8.44. The van der Waals surface area contributed by atoms with Gasteiger partial charge >= 0.3 is 0 Å². The Kier molecular flexibility index (Phi) is 5.80. The zero-order valence-electron chi connectivity index (χ0n) is 15.4. The minimum atomic E-state index is -0.465. The van der Waals surface area contributed by atoms with Crippen LogP contribution in [0, 0.1) is 0 Å². The van der Waals surface area contributed by atoms with Gasteiger partial charge in [-0.15, -0.1) is 0 Å². The van der Waals surface area contributed by atoms with Gasteiger partial charge < -0.3 is 25.6 Å². The van der Waals surface area contributed by atoms with E-state index in [4.69, 9.17) is 10.5 Å². The van der Waals surface area contributed by atoms with Gasteiger partial charge in [-0.05, 0) is 48.5 Å². The van der Waals surface area contributed by atoms with Gasteiger partial charge in [0.25, 0.3) is 0 Å². The molecule has 0 aliphatic carbocycles. The van der Waals surface area contributed by atoms with Crippen molar-refractivity contribution < 1.29 is 14.3 Å². The van der Waals surface area contributed by atoms with Crippen molar-refractivity contribution >= 4 is 23.2 Å². The molecular formula is C20H24N4O3. The highest BCUT2D eigenvalue weighted by Crippen LogP contribution is 2.20. The largest absolute Gasteiger partial charge is 0.497 e. The van der Waals surface area contributed by atoms with Crippen LogP contribution in [0.25, 0.3) is 0 Å². The Morgan fingerprint density at radius 1 is 1.00 bits per heavy atom. The fraction of sp³-hybridized carbons (Fsp3) is 0.300. The third-order valence-electron chi connectivity index (χ3n) is 4.68. The molecule has 2 aromatic carbocycles. The van der Waals surface area contributed by atoms with E-state index in [9.17, 15) is 9.59 Å². The second-order valence-electron chi connectivity index (χ2n) is 6.36. The lowest BCUT2D eigenvalue weighted by Crippen LogP contribution is -2.50. The number of anilines is 2. The van der Waals surface area contributed by atoms with Gasteiger partial charge in [0.2, 0.25) is 11.8 Å². The third-order valence-corrected chi connectivity index (χ3v) is 4.68. The first-order chi connectivity index (χ1) is 13.1. The molecule has 1 heterocycles.